The van der Waals surface area contributed by atoms with Gasteiger partial charge in [0, 0.05) is 25.8 Å². The Bertz CT molecular complexity index is 304. The summed E-state index contributed by atoms with van der Waals surface area (Å²) in [4.78, 5) is 0. The molecule has 3 heteroatoms. The molecule has 0 aromatic heterocycles. The highest BCUT2D eigenvalue weighted by atomic mass is 16.5. The van der Waals surface area contributed by atoms with Gasteiger partial charge in [0.2, 0.25) is 0 Å². The van der Waals surface area contributed by atoms with Gasteiger partial charge in [-0.1, -0.05) is 0 Å². The largest absolute Gasteiger partial charge is 0.493 e. The van der Waals surface area contributed by atoms with Crippen molar-refractivity contribution < 1.29 is 9.47 Å². The molecule has 0 amide bonds. The molecule has 16 heavy (non-hydrogen) atoms. The monoisotopic (exact) mass is 221 g/mol. The second-order valence-electron chi connectivity index (χ2n) is 4.05. The van der Waals surface area contributed by atoms with Gasteiger partial charge in [0.15, 0.2) is 0 Å². The molecule has 0 radical (unpaired) electrons. The molecular formula is C13H19NO2. The third-order valence-corrected chi connectivity index (χ3v) is 2.88. The Labute approximate surface area is 96.8 Å². The maximum atomic E-state index is 5.66. The highest BCUT2D eigenvalue weighted by Gasteiger charge is 2.14. The van der Waals surface area contributed by atoms with E-state index in [4.69, 9.17) is 9.47 Å². The van der Waals surface area contributed by atoms with Crippen molar-refractivity contribution in [3.05, 3.63) is 24.3 Å². The van der Waals surface area contributed by atoms with E-state index in [1.165, 1.54) is 12.8 Å². The van der Waals surface area contributed by atoms with Crippen molar-refractivity contribution in [3.8, 4) is 5.75 Å². The van der Waals surface area contributed by atoms with Crippen molar-refractivity contribution in [1.29, 1.82) is 0 Å². The topological polar surface area (TPSA) is 30.5 Å². The predicted molar refractivity (Wildman–Crippen MR) is 65.1 cm³/mol. The van der Waals surface area contributed by atoms with E-state index in [1.807, 2.05) is 31.3 Å². The van der Waals surface area contributed by atoms with E-state index in [-0.39, 0.29) is 0 Å². The van der Waals surface area contributed by atoms with Crippen molar-refractivity contribution in [2.45, 2.75) is 25.4 Å². The Morgan fingerprint density at radius 1 is 1.38 bits per heavy atom. The molecule has 2 rings (SSSR count). The fourth-order valence-electron chi connectivity index (χ4n) is 1.90. The molecule has 1 aliphatic heterocycles. The number of anilines is 1. The van der Waals surface area contributed by atoms with Crippen LogP contribution in [-0.4, -0.2) is 26.4 Å². The lowest BCUT2D eigenvalue weighted by molar-refractivity contribution is 0.0903. The molecule has 0 aliphatic carbocycles. The molecule has 1 aromatic rings. The Morgan fingerprint density at radius 2 is 2.19 bits per heavy atom. The van der Waals surface area contributed by atoms with Crippen LogP contribution >= 0.6 is 0 Å². The molecule has 1 heterocycles. The number of ether oxygens (including phenoxy) is 2. The van der Waals surface area contributed by atoms with E-state index in [0.29, 0.717) is 6.10 Å². The van der Waals surface area contributed by atoms with Gasteiger partial charge in [-0.15, -0.1) is 0 Å². The minimum absolute atomic E-state index is 0.414. The fourth-order valence-corrected chi connectivity index (χ4v) is 1.90. The molecule has 88 valence electrons. The Kier molecular flexibility index (Phi) is 4.05. The number of hydrogen-bond donors (Lipinski definition) is 1. The molecule has 1 atom stereocenters. The lowest BCUT2D eigenvalue weighted by Gasteiger charge is -2.10. The first-order chi connectivity index (χ1) is 7.88. The van der Waals surface area contributed by atoms with E-state index in [1.54, 1.807) is 0 Å². The van der Waals surface area contributed by atoms with Gasteiger partial charge in [0.05, 0.1) is 12.7 Å². The lowest BCUT2D eigenvalue weighted by Crippen LogP contribution is -2.10. The van der Waals surface area contributed by atoms with Crippen LogP contribution in [0.5, 0.6) is 5.75 Å². The van der Waals surface area contributed by atoms with Crippen LogP contribution in [0.25, 0.3) is 0 Å². The van der Waals surface area contributed by atoms with Crippen LogP contribution in [0.15, 0.2) is 24.3 Å². The lowest BCUT2D eigenvalue weighted by atomic mass is 10.2. The van der Waals surface area contributed by atoms with Crippen molar-refractivity contribution in [3.63, 3.8) is 0 Å². The van der Waals surface area contributed by atoms with Gasteiger partial charge in [0.1, 0.15) is 5.75 Å². The van der Waals surface area contributed by atoms with Gasteiger partial charge >= 0.3 is 0 Å². The average Bonchev–Trinajstić information content (AvgIpc) is 2.83. The van der Waals surface area contributed by atoms with Crippen LogP contribution < -0.4 is 10.1 Å². The first-order valence-electron chi connectivity index (χ1n) is 5.91. The predicted octanol–water partition coefficient (Wildman–Crippen LogP) is 2.68. The molecule has 1 aromatic carbocycles. The van der Waals surface area contributed by atoms with Crippen molar-refractivity contribution in [2.24, 2.45) is 0 Å². The molecule has 1 fully saturated rings. The molecule has 0 bridgehead atoms. The van der Waals surface area contributed by atoms with Crippen LogP contribution in [0.1, 0.15) is 19.3 Å². The normalized spacial score (nSPS) is 19.7. The molecule has 1 N–H and O–H groups in total. The van der Waals surface area contributed by atoms with E-state index in [9.17, 15) is 0 Å². The van der Waals surface area contributed by atoms with Gasteiger partial charge < -0.3 is 14.8 Å². The number of hydrogen-bond acceptors (Lipinski definition) is 3. The van der Waals surface area contributed by atoms with Gasteiger partial charge in [-0.05, 0) is 37.1 Å². The molecule has 1 unspecified atom stereocenters. The third kappa shape index (κ3) is 3.14. The summed E-state index contributed by atoms with van der Waals surface area (Å²) in [7, 11) is 1.91. The Balaban J connectivity index is 1.71. The SMILES string of the molecule is CNc1ccc(OCCC2CCCO2)cc1. The number of rotatable bonds is 5. The van der Waals surface area contributed by atoms with Crippen LogP contribution in [0.3, 0.4) is 0 Å². The van der Waals surface area contributed by atoms with Gasteiger partial charge in [-0.2, -0.15) is 0 Å². The minimum atomic E-state index is 0.414. The highest BCUT2D eigenvalue weighted by Crippen LogP contribution is 2.18. The molecule has 0 saturated carbocycles. The summed E-state index contributed by atoms with van der Waals surface area (Å²) in [6.45, 7) is 1.66. The van der Waals surface area contributed by atoms with E-state index in [0.717, 1.165) is 31.1 Å². The fraction of sp³-hybridized carbons (Fsp3) is 0.538. The van der Waals surface area contributed by atoms with Gasteiger partial charge in [-0.25, -0.2) is 0 Å². The molecule has 3 nitrogen and oxygen atoms in total. The van der Waals surface area contributed by atoms with E-state index < -0.39 is 0 Å². The van der Waals surface area contributed by atoms with E-state index >= 15 is 0 Å². The summed E-state index contributed by atoms with van der Waals surface area (Å²) in [6.07, 6.45) is 3.79. The maximum absolute atomic E-state index is 5.66. The summed E-state index contributed by atoms with van der Waals surface area (Å²) >= 11 is 0. The zero-order chi connectivity index (χ0) is 11.2. The summed E-state index contributed by atoms with van der Waals surface area (Å²) in [5.41, 5.74) is 1.10. The van der Waals surface area contributed by atoms with Crippen LogP contribution in [0.4, 0.5) is 5.69 Å². The van der Waals surface area contributed by atoms with Gasteiger partial charge in [-0.3, -0.25) is 0 Å². The first kappa shape index (κ1) is 11.3. The smallest absolute Gasteiger partial charge is 0.119 e. The molecule has 1 saturated heterocycles. The maximum Gasteiger partial charge on any atom is 0.119 e. The third-order valence-electron chi connectivity index (χ3n) is 2.88. The van der Waals surface area contributed by atoms with Crippen LogP contribution in [0.2, 0.25) is 0 Å². The molecule has 0 spiro atoms. The minimum Gasteiger partial charge on any atom is -0.493 e. The second-order valence-corrected chi connectivity index (χ2v) is 4.05. The Morgan fingerprint density at radius 3 is 2.81 bits per heavy atom. The molecular weight excluding hydrogens is 202 g/mol. The van der Waals surface area contributed by atoms with Crippen LogP contribution in [0, 0.1) is 0 Å². The summed E-state index contributed by atoms with van der Waals surface area (Å²) < 4.78 is 11.2. The second kappa shape index (κ2) is 5.75. The summed E-state index contributed by atoms with van der Waals surface area (Å²) in [5.74, 6) is 0.928. The van der Waals surface area contributed by atoms with E-state index in [2.05, 4.69) is 5.32 Å². The highest BCUT2D eigenvalue weighted by molar-refractivity contribution is 5.45. The summed E-state index contributed by atoms with van der Waals surface area (Å²) in [5, 5.41) is 3.08. The zero-order valence-corrected chi connectivity index (χ0v) is 9.74. The first-order valence-corrected chi connectivity index (χ1v) is 5.91. The number of benzene rings is 1. The van der Waals surface area contributed by atoms with Crippen molar-refractivity contribution in [1.82, 2.24) is 0 Å². The van der Waals surface area contributed by atoms with Gasteiger partial charge in [0.25, 0.3) is 0 Å². The van der Waals surface area contributed by atoms with Crippen LogP contribution in [-0.2, 0) is 4.74 Å². The molecule has 1 aliphatic rings. The summed E-state index contributed by atoms with van der Waals surface area (Å²) in [6, 6.07) is 8.01. The quantitative estimate of drug-likeness (QED) is 0.829. The van der Waals surface area contributed by atoms with Crippen molar-refractivity contribution in [2.75, 3.05) is 25.6 Å². The average molecular weight is 221 g/mol. The Hall–Kier alpha value is -1.22. The zero-order valence-electron chi connectivity index (χ0n) is 9.74. The number of nitrogens with one attached hydrogen (secondary N) is 1. The standard InChI is InChI=1S/C13H19NO2/c1-14-11-4-6-13(7-5-11)16-10-8-12-3-2-9-15-12/h4-7,12,14H,2-3,8-10H2,1H3. The van der Waals surface area contributed by atoms with Crippen molar-refractivity contribution >= 4 is 5.69 Å².